The molecule has 0 spiro atoms. The first-order valence-electron chi connectivity index (χ1n) is 10.4. The molecule has 0 bridgehead atoms. The van der Waals surface area contributed by atoms with Crippen LogP contribution in [-0.4, -0.2) is 51.8 Å². The number of hydrogen-bond donors (Lipinski definition) is 1. The number of aryl methyl sites for hydroxylation is 3. The number of rotatable bonds is 6. The molecule has 0 saturated carbocycles. The van der Waals surface area contributed by atoms with E-state index >= 15 is 0 Å². The number of ether oxygens (including phenoxy) is 1. The van der Waals surface area contributed by atoms with Gasteiger partial charge in [-0.3, -0.25) is 4.79 Å². The fourth-order valence-corrected chi connectivity index (χ4v) is 4.37. The van der Waals surface area contributed by atoms with E-state index in [1.54, 1.807) is 11.8 Å². The molecule has 1 aliphatic rings. The third kappa shape index (κ3) is 3.84. The Kier molecular flexibility index (Phi) is 5.61. The van der Waals surface area contributed by atoms with Crippen LogP contribution in [0.4, 0.5) is 5.69 Å². The van der Waals surface area contributed by atoms with Crippen LogP contribution in [0.3, 0.4) is 0 Å². The number of nitrogens with one attached hydrogen (secondary N) is 1. The van der Waals surface area contributed by atoms with Crippen molar-refractivity contribution in [2.45, 2.75) is 39.2 Å². The largest absolute Gasteiger partial charge is 0.479 e. The van der Waals surface area contributed by atoms with Crippen molar-refractivity contribution in [1.29, 1.82) is 0 Å². The zero-order valence-corrected chi connectivity index (χ0v) is 18.1. The number of hydrogen-bond acceptors (Lipinski definition) is 5. The number of carbonyl (C=O) groups is 1. The van der Waals surface area contributed by atoms with E-state index in [-0.39, 0.29) is 5.91 Å². The minimum absolute atomic E-state index is 0.199. The molecule has 1 N–H and O–H groups in total. The molecule has 1 amide bonds. The summed E-state index contributed by atoms with van der Waals surface area (Å²) in [7, 11) is 3.49. The minimum atomic E-state index is 0.199. The number of amides is 1. The quantitative estimate of drug-likeness (QED) is 0.679. The number of anilines is 1. The van der Waals surface area contributed by atoms with Gasteiger partial charge in [-0.05, 0) is 49.9 Å². The van der Waals surface area contributed by atoms with Crippen LogP contribution < -0.4 is 10.1 Å². The lowest BCUT2D eigenvalue weighted by molar-refractivity contribution is -0.130. The van der Waals surface area contributed by atoms with Gasteiger partial charge in [-0.1, -0.05) is 18.2 Å². The van der Waals surface area contributed by atoms with Gasteiger partial charge in [-0.25, -0.2) is 9.67 Å². The van der Waals surface area contributed by atoms with Crippen molar-refractivity contribution in [3.05, 3.63) is 47.2 Å². The van der Waals surface area contributed by atoms with Crippen molar-refractivity contribution in [3.8, 4) is 5.88 Å². The van der Waals surface area contributed by atoms with Crippen LogP contribution in [0.25, 0.3) is 11.0 Å². The van der Waals surface area contributed by atoms with Crippen LogP contribution in [0.15, 0.2) is 30.3 Å². The highest BCUT2D eigenvalue weighted by Crippen LogP contribution is 2.30. The Morgan fingerprint density at radius 2 is 2.03 bits per heavy atom. The van der Waals surface area contributed by atoms with Gasteiger partial charge in [0.2, 0.25) is 11.8 Å². The van der Waals surface area contributed by atoms with Crippen molar-refractivity contribution < 1.29 is 9.53 Å². The van der Waals surface area contributed by atoms with E-state index in [4.69, 9.17) is 9.72 Å². The molecule has 7 heteroatoms. The number of aromatic nitrogens is 3. The predicted molar refractivity (Wildman–Crippen MR) is 118 cm³/mol. The molecule has 1 saturated heterocycles. The summed E-state index contributed by atoms with van der Waals surface area (Å²) >= 11 is 0. The molecule has 1 atom stereocenters. The Labute approximate surface area is 177 Å². The Hall–Kier alpha value is -3.09. The zero-order valence-electron chi connectivity index (χ0n) is 18.1. The zero-order chi connectivity index (χ0) is 21.3. The molecule has 3 heterocycles. The lowest BCUT2D eigenvalue weighted by Crippen LogP contribution is -2.31. The summed E-state index contributed by atoms with van der Waals surface area (Å²) in [6.45, 7) is 5.62. The summed E-state index contributed by atoms with van der Waals surface area (Å²) in [6.07, 6.45) is 2.12. The van der Waals surface area contributed by atoms with Crippen LogP contribution in [0, 0.1) is 13.8 Å². The molecule has 4 rings (SSSR count). The van der Waals surface area contributed by atoms with Gasteiger partial charge in [-0.2, -0.15) is 0 Å². The summed E-state index contributed by atoms with van der Waals surface area (Å²) in [4.78, 5) is 19.6. The summed E-state index contributed by atoms with van der Waals surface area (Å²) in [5.41, 5.74) is 5.07. The molecule has 2 aromatic heterocycles. The molecule has 3 aromatic rings. The van der Waals surface area contributed by atoms with E-state index < -0.39 is 0 Å². The van der Waals surface area contributed by atoms with E-state index in [0.717, 1.165) is 53.1 Å². The average Bonchev–Trinajstić information content (AvgIpc) is 3.33. The maximum absolute atomic E-state index is 12.9. The van der Waals surface area contributed by atoms with Crippen molar-refractivity contribution >= 4 is 22.6 Å². The van der Waals surface area contributed by atoms with Crippen LogP contribution in [-0.2, 0) is 18.3 Å². The summed E-state index contributed by atoms with van der Waals surface area (Å²) in [5.74, 6) is 0.781. The van der Waals surface area contributed by atoms with E-state index in [9.17, 15) is 4.79 Å². The van der Waals surface area contributed by atoms with E-state index in [1.807, 2.05) is 37.1 Å². The molecule has 0 aliphatic carbocycles. The number of pyridine rings is 1. The number of methoxy groups -OCH3 is 1. The number of nitrogens with zero attached hydrogens (tertiary/aromatic N) is 4. The summed E-state index contributed by atoms with van der Waals surface area (Å²) in [5, 5.41) is 8.86. The van der Waals surface area contributed by atoms with Gasteiger partial charge in [0.25, 0.3) is 0 Å². The highest BCUT2D eigenvalue weighted by molar-refractivity contribution is 5.86. The first-order valence-corrected chi connectivity index (χ1v) is 10.4. The number of fused-ring (bicyclic) bond motifs is 1. The van der Waals surface area contributed by atoms with Gasteiger partial charge in [0.05, 0.1) is 12.5 Å². The standard InChI is InChI=1S/C23H29N5O2/c1-15-19(16(2)24-22-21(15)23(30-4)26-27(22)3)10-11-20(29)28-13-12-18(14-28)25-17-8-6-5-7-9-17/h5-9,18,25H,10-14H2,1-4H3. The third-order valence-electron chi connectivity index (χ3n) is 5.99. The highest BCUT2D eigenvalue weighted by atomic mass is 16.5. The molecule has 1 fully saturated rings. The summed E-state index contributed by atoms with van der Waals surface area (Å²) in [6, 6.07) is 10.5. The van der Waals surface area contributed by atoms with E-state index in [0.29, 0.717) is 24.8 Å². The number of likely N-dealkylation sites (tertiary alicyclic amines) is 1. The van der Waals surface area contributed by atoms with Gasteiger partial charge in [0.15, 0.2) is 5.65 Å². The van der Waals surface area contributed by atoms with Crippen molar-refractivity contribution in [2.75, 3.05) is 25.5 Å². The van der Waals surface area contributed by atoms with Crippen molar-refractivity contribution in [3.63, 3.8) is 0 Å². The fraction of sp³-hybridized carbons (Fsp3) is 0.435. The number of benzene rings is 1. The number of para-hydroxylation sites is 1. The molecule has 1 unspecified atom stereocenters. The Balaban J connectivity index is 1.42. The van der Waals surface area contributed by atoms with E-state index in [1.165, 1.54) is 0 Å². The second kappa shape index (κ2) is 8.34. The molecule has 1 aliphatic heterocycles. The lowest BCUT2D eigenvalue weighted by Gasteiger charge is -2.18. The maximum Gasteiger partial charge on any atom is 0.242 e. The maximum atomic E-state index is 12.9. The number of carbonyl (C=O) groups excluding carboxylic acids is 1. The van der Waals surface area contributed by atoms with Crippen molar-refractivity contribution in [1.82, 2.24) is 19.7 Å². The molecule has 7 nitrogen and oxygen atoms in total. The monoisotopic (exact) mass is 407 g/mol. The topological polar surface area (TPSA) is 72.3 Å². The Bertz CT molecular complexity index is 1060. The SMILES string of the molecule is COc1nn(C)c2nc(C)c(CCC(=O)N3CCC(Nc4ccccc4)C3)c(C)c12. The van der Waals surface area contributed by atoms with Gasteiger partial charge in [0, 0.05) is 44.0 Å². The van der Waals surface area contributed by atoms with Crippen LogP contribution in [0.5, 0.6) is 5.88 Å². The van der Waals surface area contributed by atoms with Crippen LogP contribution >= 0.6 is 0 Å². The first-order chi connectivity index (χ1) is 14.5. The Morgan fingerprint density at radius 3 is 2.77 bits per heavy atom. The second-order valence-electron chi connectivity index (χ2n) is 7.97. The highest BCUT2D eigenvalue weighted by Gasteiger charge is 2.26. The summed E-state index contributed by atoms with van der Waals surface area (Å²) < 4.78 is 7.18. The molecule has 0 radical (unpaired) electrons. The fourth-order valence-electron chi connectivity index (χ4n) is 4.37. The second-order valence-corrected chi connectivity index (χ2v) is 7.97. The minimum Gasteiger partial charge on any atom is -0.479 e. The van der Waals surface area contributed by atoms with Crippen LogP contribution in [0.2, 0.25) is 0 Å². The average molecular weight is 408 g/mol. The smallest absolute Gasteiger partial charge is 0.242 e. The molecule has 1 aromatic carbocycles. The molecular weight excluding hydrogens is 378 g/mol. The van der Waals surface area contributed by atoms with Gasteiger partial charge >= 0.3 is 0 Å². The van der Waals surface area contributed by atoms with Crippen molar-refractivity contribution in [2.24, 2.45) is 7.05 Å². The lowest BCUT2D eigenvalue weighted by atomic mass is 10.00. The molecular formula is C23H29N5O2. The molecule has 30 heavy (non-hydrogen) atoms. The normalized spacial score (nSPS) is 16.3. The first kappa shape index (κ1) is 20.2. The predicted octanol–water partition coefficient (Wildman–Crippen LogP) is 3.24. The Morgan fingerprint density at radius 1 is 1.27 bits per heavy atom. The third-order valence-corrected chi connectivity index (χ3v) is 5.99. The van der Waals surface area contributed by atoms with E-state index in [2.05, 4.69) is 29.5 Å². The molecule has 158 valence electrons. The van der Waals surface area contributed by atoms with Gasteiger partial charge < -0.3 is 15.0 Å². The van der Waals surface area contributed by atoms with Crippen LogP contribution in [0.1, 0.15) is 29.7 Å². The van der Waals surface area contributed by atoms with Gasteiger partial charge in [-0.15, -0.1) is 5.10 Å². The van der Waals surface area contributed by atoms with Gasteiger partial charge in [0.1, 0.15) is 0 Å².